The second-order valence-electron chi connectivity index (χ2n) is 11.1. The van der Waals surface area contributed by atoms with E-state index in [9.17, 15) is 0 Å². The summed E-state index contributed by atoms with van der Waals surface area (Å²) in [6.07, 6.45) is 0. The van der Waals surface area contributed by atoms with Gasteiger partial charge in [0.2, 0.25) is 0 Å². The molecule has 0 N–H and O–H groups in total. The Morgan fingerprint density at radius 1 is 0.349 bits per heavy atom. The van der Waals surface area contributed by atoms with Crippen LogP contribution in [0.2, 0.25) is 0 Å². The van der Waals surface area contributed by atoms with E-state index >= 15 is 0 Å². The predicted octanol–water partition coefficient (Wildman–Crippen LogP) is 10.3. The van der Waals surface area contributed by atoms with Crippen molar-refractivity contribution in [1.29, 1.82) is 0 Å². The summed E-state index contributed by atoms with van der Waals surface area (Å²) >= 11 is 0. The van der Waals surface area contributed by atoms with E-state index in [1.165, 1.54) is 49.2 Å². The van der Waals surface area contributed by atoms with E-state index in [0.717, 1.165) is 33.9 Å². The second-order valence-corrected chi connectivity index (χ2v) is 11.1. The summed E-state index contributed by atoms with van der Waals surface area (Å²) < 4.78 is 2.42. The van der Waals surface area contributed by atoms with Crippen LogP contribution in [0.3, 0.4) is 0 Å². The van der Waals surface area contributed by atoms with Gasteiger partial charge >= 0.3 is 0 Å². The zero-order valence-electron chi connectivity index (χ0n) is 23.3. The molecule has 9 rings (SSSR count). The van der Waals surface area contributed by atoms with E-state index in [-0.39, 0.29) is 0 Å². The fourth-order valence-electron chi connectivity index (χ4n) is 6.52. The number of hydrogen-bond acceptors (Lipinski definition) is 2. The smallest absolute Gasteiger partial charge is 0.160 e. The molecule has 0 saturated heterocycles. The van der Waals surface area contributed by atoms with E-state index < -0.39 is 0 Å². The van der Waals surface area contributed by atoms with E-state index in [2.05, 4.69) is 120 Å². The summed E-state index contributed by atoms with van der Waals surface area (Å²) in [6, 6.07) is 53.5. The van der Waals surface area contributed by atoms with Gasteiger partial charge in [-0.1, -0.05) is 121 Å². The number of rotatable bonds is 4. The minimum atomic E-state index is 0.720. The van der Waals surface area contributed by atoms with Crippen LogP contribution in [0, 0.1) is 0 Å². The molecule has 0 unspecified atom stereocenters. The molecule has 3 aromatic heterocycles. The van der Waals surface area contributed by atoms with Gasteiger partial charge in [-0.3, -0.25) is 0 Å². The summed E-state index contributed by atoms with van der Waals surface area (Å²) in [6.45, 7) is 0. The molecule has 0 aliphatic rings. The molecule has 3 heteroatoms. The van der Waals surface area contributed by atoms with Gasteiger partial charge in [-0.25, -0.2) is 9.97 Å². The van der Waals surface area contributed by atoms with Crippen LogP contribution >= 0.6 is 0 Å². The largest absolute Gasteiger partial charge is 0.308 e. The molecule has 3 heterocycles. The van der Waals surface area contributed by atoms with Gasteiger partial charge < -0.3 is 4.40 Å². The molecule has 0 saturated carbocycles. The van der Waals surface area contributed by atoms with Crippen molar-refractivity contribution in [3.05, 3.63) is 152 Å². The van der Waals surface area contributed by atoms with Gasteiger partial charge in [0, 0.05) is 38.2 Å². The SMILES string of the molecule is c1ccc(-c2cc(-c3ccccc3)nc(-c3ccc(-c4cc5c6ccccc6n6c7ccccc7c(c4)c56)cc3)n2)cc1. The molecular formula is C40H25N3. The van der Waals surface area contributed by atoms with Crippen LogP contribution in [0.1, 0.15) is 0 Å². The van der Waals surface area contributed by atoms with Crippen LogP contribution in [0.5, 0.6) is 0 Å². The van der Waals surface area contributed by atoms with Crippen molar-refractivity contribution in [2.24, 2.45) is 0 Å². The van der Waals surface area contributed by atoms with Crippen LogP contribution in [-0.4, -0.2) is 14.4 Å². The summed E-state index contributed by atoms with van der Waals surface area (Å²) in [7, 11) is 0. The average Bonchev–Trinajstić information content (AvgIpc) is 3.61. The molecule has 0 fully saturated rings. The highest BCUT2D eigenvalue weighted by Gasteiger charge is 2.18. The Morgan fingerprint density at radius 3 is 1.35 bits per heavy atom. The summed E-state index contributed by atoms with van der Waals surface area (Å²) in [5, 5.41) is 5.14. The van der Waals surface area contributed by atoms with Crippen LogP contribution in [0.4, 0.5) is 0 Å². The third kappa shape index (κ3) is 3.75. The third-order valence-corrected chi connectivity index (χ3v) is 8.55. The molecule has 0 spiro atoms. The maximum absolute atomic E-state index is 5.02. The lowest BCUT2D eigenvalue weighted by atomic mass is 9.98. The van der Waals surface area contributed by atoms with Crippen LogP contribution in [0.15, 0.2) is 152 Å². The van der Waals surface area contributed by atoms with Crippen molar-refractivity contribution in [3.8, 4) is 45.0 Å². The van der Waals surface area contributed by atoms with Crippen molar-refractivity contribution in [3.63, 3.8) is 0 Å². The highest BCUT2D eigenvalue weighted by atomic mass is 14.9. The number of nitrogens with zero attached hydrogens (tertiary/aromatic N) is 3. The maximum atomic E-state index is 5.02. The number of fused-ring (bicyclic) bond motifs is 6. The first-order chi connectivity index (χ1) is 21.3. The number of benzene rings is 6. The summed E-state index contributed by atoms with van der Waals surface area (Å²) in [5.74, 6) is 0.720. The molecule has 6 aromatic carbocycles. The molecule has 0 aliphatic carbocycles. The molecule has 200 valence electrons. The maximum Gasteiger partial charge on any atom is 0.160 e. The first kappa shape index (κ1) is 23.9. The Bertz CT molecular complexity index is 2280. The summed E-state index contributed by atoms with van der Waals surface area (Å²) in [4.78, 5) is 10.0. The topological polar surface area (TPSA) is 30.2 Å². The zero-order valence-corrected chi connectivity index (χ0v) is 23.3. The molecule has 0 amide bonds. The Labute approximate surface area is 248 Å². The fourth-order valence-corrected chi connectivity index (χ4v) is 6.52. The number of aromatic nitrogens is 3. The normalized spacial score (nSPS) is 11.7. The van der Waals surface area contributed by atoms with E-state index in [1.54, 1.807) is 0 Å². The predicted molar refractivity (Wildman–Crippen MR) is 178 cm³/mol. The minimum Gasteiger partial charge on any atom is -0.308 e. The molecule has 0 aliphatic heterocycles. The highest BCUT2D eigenvalue weighted by Crippen LogP contribution is 2.41. The molecule has 0 bridgehead atoms. The fraction of sp³-hybridized carbons (Fsp3) is 0. The quantitative estimate of drug-likeness (QED) is 0.219. The molecular weight excluding hydrogens is 522 g/mol. The molecule has 0 radical (unpaired) electrons. The first-order valence-corrected chi connectivity index (χ1v) is 14.6. The van der Waals surface area contributed by atoms with Crippen LogP contribution < -0.4 is 0 Å². The highest BCUT2D eigenvalue weighted by molar-refractivity contribution is 6.24. The van der Waals surface area contributed by atoms with Crippen molar-refractivity contribution in [2.75, 3.05) is 0 Å². The Hall–Kier alpha value is -5.80. The first-order valence-electron chi connectivity index (χ1n) is 14.6. The number of para-hydroxylation sites is 2. The lowest BCUT2D eigenvalue weighted by molar-refractivity contribution is 1.18. The monoisotopic (exact) mass is 547 g/mol. The summed E-state index contributed by atoms with van der Waals surface area (Å²) in [5.41, 5.74) is 11.1. The molecule has 9 aromatic rings. The van der Waals surface area contributed by atoms with E-state index in [4.69, 9.17) is 9.97 Å². The lowest BCUT2D eigenvalue weighted by Gasteiger charge is -2.10. The van der Waals surface area contributed by atoms with Gasteiger partial charge in [0.15, 0.2) is 5.82 Å². The van der Waals surface area contributed by atoms with Crippen LogP contribution in [-0.2, 0) is 0 Å². The third-order valence-electron chi connectivity index (χ3n) is 8.55. The van der Waals surface area contributed by atoms with E-state index in [1.807, 2.05) is 36.4 Å². The number of hydrogen-bond donors (Lipinski definition) is 0. The molecule has 3 nitrogen and oxygen atoms in total. The van der Waals surface area contributed by atoms with E-state index in [0.29, 0.717) is 0 Å². The molecule has 43 heavy (non-hydrogen) atoms. The van der Waals surface area contributed by atoms with Gasteiger partial charge in [-0.15, -0.1) is 0 Å². The van der Waals surface area contributed by atoms with Crippen LogP contribution in [0.25, 0.3) is 83.1 Å². The van der Waals surface area contributed by atoms with Gasteiger partial charge in [-0.2, -0.15) is 0 Å². The van der Waals surface area contributed by atoms with Gasteiger partial charge in [0.05, 0.1) is 27.9 Å². The van der Waals surface area contributed by atoms with Crippen molar-refractivity contribution >= 4 is 38.1 Å². The van der Waals surface area contributed by atoms with Crippen molar-refractivity contribution < 1.29 is 0 Å². The minimum absolute atomic E-state index is 0.720. The standard InChI is InChI=1S/C40H25N3/c1-3-11-27(12-4-1)35-25-36(28-13-5-2-6-14-28)42-40(41-35)29-21-19-26(20-22-29)30-23-33-31-15-7-9-17-37(31)43-38-18-10-8-16-32(38)34(24-30)39(33)43/h1-25H. The second kappa shape index (κ2) is 9.37. The zero-order chi connectivity index (χ0) is 28.3. The van der Waals surface area contributed by atoms with Crippen molar-refractivity contribution in [2.45, 2.75) is 0 Å². The van der Waals surface area contributed by atoms with Crippen molar-refractivity contribution in [1.82, 2.24) is 14.4 Å². The van der Waals surface area contributed by atoms with Gasteiger partial charge in [0.25, 0.3) is 0 Å². The van der Waals surface area contributed by atoms with Gasteiger partial charge in [-0.05, 0) is 41.5 Å². The lowest BCUT2D eigenvalue weighted by Crippen LogP contribution is -1.95. The Morgan fingerprint density at radius 2 is 0.814 bits per heavy atom. The molecule has 0 atom stereocenters. The van der Waals surface area contributed by atoms with Gasteiger partial charge in [0.1, 0.15) is 0 Å². The Balaban J connectivity index is 1.20. The Kier molecular flexibility index (Phi) is 5.20. The average molecular weight is 548 g/mol.